The molecule has 0 saturated carbocycles. The van der Waals surface area contributed by atoms with Gasteiger partial charge in [0.15, 0.2) is 0 Å². The second-order valence-corrected chi connectivity index (χ2v) is 6.47. The molecule has 2 aromatic heterocycles. The fraction of sp³-hybridized carbons (Fsp3) is 0.0588. The maximum absolute atomic E-state index is 6.33. The van der Waals surface area contributed by atoms with Gasteiger partial charge in [-0.05, 0) is 23.3 Å². The van der Waals surface area contributed by atoms with Crippen LogP contribution in [-0.4, -0.2) is 9.97 Å². The van der Waals surface area contributed by atoms with Crippen LogP contribution in [0.2, 0.25) is 5.15 Å². The Hall–Kier alpha value is -1.97. The first kappa shape index (κ1) is 12.7. The van der Waals surface area contributed by atoms with Crippen LogP contribution in [0, 0.1) is 6.92 Å². The zero-order valence-electron chi connectivity index (χ0n) is 11.3. The van der Waals surface area contributed by atoms with Crippen LogP contribution >= 0.6 is 22.9 Å². The van der Waals surface area contributed by atoms with E-state index in [0.29, 0.717) is 5.15 Å². The maximum Gasteiger partial charge on any atom is 0.141 e. The molecule has 2 heterocycles. The number of nitrogens with zero attached hydrogens (tertiary/aromatic N) is 2. The SMILES string of the molecule is Cc1sc2ncnc(Cl)c2c1-c1cccc2ccccc12. The van der Waals surface area contributed by atoms with Crippen LogP contribution in [0.4, 0.5) is 0 Å². The van der Waals surface area contributed by atoms with Crippen molar-refractivity contribution in [2.75, 3.05) is 0 Å². The van der Waals surface area contributed by atoms with Crippen LogP contribution in [0.1, 0.15) is 4.88 Å². The zero-order chi connectivity index (χ0) is 14.4. The third-order valence-electron chi connectivity index (χ3n) is 3.68. The lowest BCUT2D eigenvalue weighted by atomic mass is 9.97. The molecule has 0 aliphatic rings. The van der Waals surface area contributed by atoms with Gasteiger partial charge in [0.25, 0.3) is 0 Å². The van der Waals surface area contributed by atoms with Crippen LogP contribution in [-0.2, 0) is 0 Å². The third-order valence-corrected chi connectivity index (χ3v) is 4.98. The fourth-order valence-corrected chi connectivity index (χ4v) is 4.07. The Balaban J connectivity index is 2.17. The topological polar surface area (TPSA) is 25.8 Å². The number of fused-ring (bicyclic) bond motifs is 2. The lowest BCUT2D eigenvalue weighted by Crippen LogP contribution is -1.85. The Morgan fingerprint density at radius 2 is 1.81 bits per heavy atom. The molecule has 102 valence electrons. The average molecular weight is 311 g/mol. The van der Waals surface area contributed by atoms with E-state index in [2.05, 4.69) is 59.4 Å². The van der Waals surface area contributed by atoms with E-state index < -0.39 is 0 Å². The molecule has 0 aliphatic heterocycles. The van der Waals surface area contributed by atoms with Gasteiger partial charge in [-0.15, -0.1) is 11.3 Å². The fourth-order valence-electron chi connectivity index (χ4n) is 2.78. The van der Waals surface area contributed by atoms with E-state index in [1.54, 1.807) is 11.3 Å². The van der Waals surface area contributed by atoms with Gasteiger partial charge in [-0.3, -0.25) is 0 Å². The Bertz CT molecular complexity index is 970. The molecular formula is C17H11ClN2S. The number of aryl methyl sites for hydroxylation is 1. The third kappa shape index (κ3) is 1.93. The number of hydrogen-bond acceptors (Lipinski definition) is 3. The van der Waals surface area contributed by atoms with Gasteiger partial charge in [0, 0.05) is 10.4 Å². The molecule has 0 fully saturated rings. The molecule has 4 rings (SSSR count). The number of aromatic nitrogens is 2. The molecule has 4 heteroatoms. The normalized spacial score (nSPS) is 11.3. The van der Waals surface area contributed by atoms with Crippen LogP contribution < -0.4 is 0 Å². The Kier molecular flexibility index (Phi) is 2.91. The van der Waals surface area contributed by atoms with Crippen molar-refractivity contribution >= 4 is 43.9 Å². The van der Waals surface area contributed by atoms with Crippen molar-refractivity contribution in [1.29, 1.82) is 0 Å². The van der Waals surface area contributed by atoms with E-state index in [0.717, 1.165) is 15.8 Å². The van der Waals surface area contributed by atoms with Gasteiger partial charge in [0.1, 0.15) is 16.3 Å². The molecule has 0 saturated heterocycles. The predicted octanol–water partition coefficient (Wildman–Crippen LogP) is 5.47. The van der Waals surface area contributed by atoms with Gasteiger partial charge in [-0.25, -0.2) is 9.97 Å². The first-order chi connectivity index (χ1) is 10.3. The van der Waals surface area contributed by atoms with Crippen molar-refractivity contribution in [2.24, 2.45) is 0 Å². The van der Waals surface area contributed by atoms with E-state index in [1.807, 2.05) is 0 Å². The minimum Gasteiger partial charge on any atom is -0.225 e. The lowest BCUT2D eigenvalue weighted by molar-refractivity contribution is 1.23. The molecule has 2 aromatic carbocycles. The van der Waals surface area contributed by atoms with Crippen LogP contribution in [0.5, 0.6) is 0 Å². The van der Waals surface area contributed by atoms with Gasteiger partial charge >= 0.3 is 0 Å². The minimum absolute atomic E-state index is 0.521. The second kappa shape index (κ2) is 4.79. The van der Waals surface area contributed by atoms with Crippen LogP contribution in [0.15, 0.2) is 48.8 Å². The smallest absolute Gasteiger partial charge is 0.141 e. The zero-order valence-corrected chi connectivity index (χ0v) is 12.9. The molecule has 0 bridgehead atoms. The van der Waals surface area contributed by atoms with Gasteiger partial charge in [0.05, 0.1) is 5.39 Å². The van der Waals surface area contributed by atoms with Crippen molar-refractivity contribution in [3.8, 4) is 11.1 Å². The number of rotatable bonds is 1. The molecule has 0 amide bonds. The van der Waals surface area contributed by atoms with Gasteiger partial charge < -0.3 is 0 Å². The lowest BCUT2D eigenvalue weighted by Gasteiger charge is -2.07. The highest BCUT2D eigenvalue weighted by atomic mass is 35.5. The van der Waals surface area contributed by atoms with Gasteiger partial charge in [-0.2, -0.15) is 0 Å². The molecule has 2 nitrogen and oxygen atoms in total. The molecule has 0 N–H and O–H groups in total. The molecule has 0 atom stereocenters. The predicted molar refractivity (Wildman–Crippen MR) is 90.1 cm³/mol. The summed E-state index contributed by atoms with van der Waals surface area (Å²) in [5, 5.41) is 3.93. The molecular weight excluding hydrogens is 300 g/mol. The van der Waals surface area contributed by atoms with E-state index in [1.165, 1.54) is 27.5 Å². The second-order valence-electron chi connectivity index (χ2n) is 4.90. The quantitative estimate of drug-likeness (QED) is 0.435. The maximum atomic E-state index is 6.33. The Morgan fingerprint density at radius 1 is 1.00 bits per heavy atom. The monoisotopic (exact) mass is 310 g/mol. The van der Waals surface area contributed by atoms with Gasteiger partial charge in [0.2, 0.25) is 0 Å². The molecule has 4 aromatic rings. The van der Waals surface area contributed by atoms with Crippen molar-refractivity contribution in [2.45, 2.75) is 6.92 Å². The van der Waals surface area contributed by atoms with Crippen molar-refractivity contribution in [3.63, 3.8) is 0 Å². The first-order valence-corrected chi connectivity index (χ1v) is 7.83. The minimum atomic E-state index is 0.521. The number of halogens is 1. The van der Waals surface area contributed by atoms with E-state index >= 15 is 0 Å². The molecule has 0 unspecified atom stereocenters. The molecule has 0 radical (unpaired) electrons. The highest BCUT2D eigenvalue weighted by Gasteiger charge is 2.17. The largest absolute Gasteiger partial charge is 0.225 e. The average Bonchev–Trinajstić information content (AvgIpc) is 2.84. The number of benzene rings is 2. The van der Waals surface area contributed by atoms with Gasteiger partial charge in [-0.1, -0.05) is 54.1 Å². The number of thiophene rings is 1. The van der Waals surface area contributed by atoms with E-state index in [9.17, 15) is 0 Å². The summed E-state index contributed by atoms with van der Waals surface area (Å²) in [6, 6.07) is 14.7. The van der Waals surface area contributed by atoms with Crippen molar-refractivity contribution in [3.05, 3.63) is 58.8 Å². The summed E-state index contributed by atoms with van der Waals surface area (Å²) < 4.78 is 0. The summed E-state index contributed by atoms with van der Waals surface area (Å²) in [7, 11) is 0. The van der Waals surface area contributed by atoms with E-state index in [-0.39, 0.29) is 0 Å². The molecule has 0 spiro atoms. The first-order valence-electron chi connectivity index (χ1n) is 6.63. The van der Waals surface area contributed by atoms with Crippen molar-refractivity contribution < 1.29 is 0 Å². The summed E-state index contributed by atoms with van der Waals surface area (Å²) in [6.45, 7) is 2.11. The van der Waals surface area contributed by atoms with E-state index in [4.69, 9.17) is 11.6 Å². The van der Waals surface area contributed by atoms with Crippen LogP contribution in [0.3, 0.4) is 0 Å². The van der Waals surface area contributed by atoms with Crippen LogP contribution in [0.25, 0.3) is 32.1 Å². The summed E-state index contributed by atoms with van der Waals surface area (Å²) in [5.41, 5.74) is 2.34. The summed E-state index contributed by atoms with van der Waals surface area (Å²) >= 11 is 7.99. The molecule has 21 heavy (non-hydrogen) atoms. The number of hydrogen-bond donors (Lipinski definition) is 0. The summed E-state index contributed by atoms with van der Waals surface area (Å²) in [4.78, 5) is 10.7. The standard InChI is InChI=1S/C17H11ClN2S/c1-10-14(15-16(18)19-9-20-17(15)21-10)13-8-4-6-11-5-2-3-7-12(11)13/h2-9H,1H3. The highest BCUT2D eigenvalue weighted by Crippen LogP contribution is 2.42. The van der Waals surface area contributed by atoms with Crippen molar-refractivity contribution in [1.82, 2.24) is 9.97 Å². The molecule has 0 aliphatic carbocycles. The Morgan fingerprint density at radius 3 is 2.71 bits per heavy atom. The summed E-state index contributed by atoms with van der Waals surface area (Å²) in [5.74, 6) is 0. The Labute approximate surface area is 131 Å². The summed E-state index contributed by atoms with van der Waals surface area (Å²) in [6.07, 6.45) is 1.52. The highest BCUT2D eigenvalue weighted by molar-refractivity contribution is 7.19.